The molecule has 1 aliphatic carbocycles. The number of guanidine groups is 1. The minimum Gasteiger partial charge on any atom is -0.355 e. The number of benzene rings is 1. The first-order valence-electron chi connectivity index (χ1n) is 10.9. The number of halogens is 1. The standard InChI is InChI=1S/C22H33N7O.HI/c1-3-20-28-26-16-29(20)13-12-24-22(23-2)25-15-17-8-7-11-19(14-17)27-21(30)18-9-5-4-6-10-18;/h7-8,11,14,16,18H,3-6,9-10,12-13,15H2,1-2H3,(H,27,30)(H2,23,24,25);1H. The van der Waals surface area contributed by atoms with Crippen LogP contribution in [0, 0.1) is 5.92 Å². The summed E-state index contributed by atoms with van der Waals surface area (Å²) in [7, 11) is 1.76. The maximum Gasteiger partial charge on any atom is 0.227 e. The summed E-state index contributed by atoms with van der Waals surface area (Å²) in [6, 6.07) is 7.98. The lowest BCUT2D eigenvalue weighted by Gasteiger charge is -2.21. The molecule has 1 saturated carbocycles. The van der Waals surface area contributed by atoms with Gasteiger partial charge in [-0.05, 0) is 30.5 Å². The van der Waals surface area contributed by atoms with Crippen molar-refractivity contribution in [1.82, 2.24) is 25.4 Å². The minimum atomic E-state index is 0. The monoisotopic (exact) mass is 539 g/mol. The van der Waals surface area contributed by atoms with Crippen LogP contribution in [0.4, 0.5) is 5.69 Å². The van der Waals surface area contributed by atoms with E-state index in [-0.39, 0.29) is 35.8 Å². The molecule has 1 aromatic carbocycles. The number of rotatable bonds is 8. The Hall–Kier alpha value is -2.17. The van der Waals surface area contributed by atoms with E-state index < -0.39 is 0 Å². The van der Waals surface area contributed by atoms with Crippen LogP contribution in [-0.2, 0) is 24.3 Å². The number of hydrogen-bond acceptors (Lipinski definition) is 4. The molecule has 2 aromatic rings. The average Bonchev–Trinajstić information content (AvgIpc) is 3.24. The summed E-state index contributed by atoms with van der Waals surface area (Å²) >= 11 is 0. The Balaban J connectivity index is 0.00000341. The molecular formula is C22H34IN7O. The Morgan fingerprint density at radius 1 is 1.23 bits per heavy atom. The van der Waals surface area contributed by atoms with Gasteiger partial charge in [0.15, 0.2) is 5.96 Å². The lowest BCUT2D eigenvalue weighted by Crippen LogP contribution is -2.38. The summed E-state index contributed by atoms with van der Waals surface area (Å²) in [5, 5.41) is 17.8. The van der Waals surface area contributed by atoms with Crippen LogP contribution in [0.1, 0.15) is 50.4 Å². The minimum absolute atomic E-state index is 0. The first-order valence-corrected chi connectivity index (χ1v) is 10.9. The highest BCUT2D eigenvalue weighted by molar-refractivity contribution is 14.0. The number of carbonyl (C=O) groups is 1. The first kappa shape index (κ1) is 25.1. The first-order chi connectivity index (χ1) is 14.7. The molecule has 0 saturated heterocycles. The number of aliphatic imine (C=N–C) groups is 1. The van der Waals surface area contributed by atoms with E-state index in [0.717, 1.165) is 68.2 Å². The van der Waals surface area contributed by atoms with Crippen LogP contribution in [0.3, 0.4) is 0 Å². The molecule has 0 radical (unpaired) electrons. The third kappa shape index (κ3) is 7.79. The van der Waals surface area contributed by atoms with E-state index in [4.69, 9.17) is 0 Å². The number of aromatic nitrogens is 3. The van der Waals surface area contributed by atoms with Crippen LogP contribution in [0.15, 0.2) is 35.6 Å². The number of aryl methyl sites for hydroxylation is 1. The molecular weight excluding hydrogens is 505 g/mol. The van der Waals surface area contributed by atoms with Crippen LogP contribution in [-0.4, -0.2) is 40.2 Å². The van der Waals surface area contributed by atoms with Gasteiger partial charge in [0.1, 0.15) is 12.2 Å². The summed E-state index contributed by atoms with van der Waals surface area (Å²) in [5.74, 6) is 2.02. The molecule has 3 rings (SSSR count). The van der Waals surface area contributed by atoms with Crippen molar-refractivity contribution in [3.63, 3.8) is 0 Å². The fraction of sp³-hybridized carbons (Fsp3) is 0.545. The number of nitrogens with one attached hydrogen (secondary N) is 3. The van der Waals surface area contributed by atoms with Gasteiger partial charge in [0.25, 0.3) is 0 Å². The van der Waals surface area contributed by atoms with Crippen molar-refractivity contribution >= 4 is 41.5 Å². The zero-order valence-electron chi connectivity index (χ0n) is 18.4. The largest absolute Gasteiger partial charge is 0.355 e. The van der Waals surface area contributed by atoms with E-state index in [1.54, 1.807) is 13.4 Å². The number of carbonyl (C=O) groups excluding carboxylic acids is 1. The van der Waals surface area contributed by atoms with Gasteiger partial charge in [0, 0.05) is 44.7 Å². The van der Waals surface area contributed by atoms with Gasteiger partial charge < -0.3 is 20.5 Å². The molecule has 1 amide bonds. The van der Waals surface area contributed by atoms with Crippen molar-refractivity contribution in [1.29, 1.82) is 0 Å². The molecule has 8 nitrogen and oxygen atoms in total. The Labute approximate surface area is 201 Å². The highest BCUT2D eigenvalue weighted by Crippen LogP contribution is 2.25. The predicted molar refractivity (Wildman–Crippen MR) is 135 cm³/mol. The SMILES string of the molecule is CCc1nncn1CCNC(=NC)NCc1cccc(NC(=O)C2CCCCC2)c1.I. The Morgan fingerprint density at radius 3 is 2.77 bits per heavy atom. The Morgan fingerprint density at radius 2 is 2.03 bits per heavy atom. The summed E-state index contributed by atoms with van der Waals surface area (Å²) in [4.78, 5) is 16.8. The molecule has 1 aliphatic rings. The number of nitrogens with zero attached hydrogens (tertiary/aromatic N) is 4. The lowest BCUT2D eigenvalue weighted by molar-refractivity contribution is -0.120. The van der Waals surface area contributed by atoms with Crippen LogP contribution >= 0.6 is 24.0 Å². The van der Waals surface area contributed by atoms with E-state index in [1.807, 2.05) is 28.8 Å². The fourth-order valence-corrected chi connectivity index (χ4v) is 3.81. The molecule has 3 N–H and O–H groups in total. The number of amides is 1. The summed E-state index contributed by atoms with van der Waals surface area (Å²) < 4.78 is 2.04. The average molecular weight is 539 g/mol. The molecule has 170 valence electrons. The maximum atomic E-state index is 12.5. The van der Waals surface area contributed by atoms with Gasteiger partial charge in [-0.2, -0.15) is 0 Å². The predicted octanol–water partition coefficient (Wildman–Crippen LogP) is 3.34. The van der Waals surface area contributed by atoms with E-state index >= 15 is 0 Å². The van der Waals surface area contributed by atoms with Crippen LogP contribution < -0.4 is 16.0 Å². The lowest BCUT2D eigenvalue weighted by atomic mass is 9.88. The fourth-order valence-electron chi connectivity index (χ4n) is 3.81. The Bertz CT molecular complexity index is 846. The smallest absolute Gasteiger partial charge is 0.227 e. The highest BCUT2D eigenvalue weighted by atomic mass is 127. The quantitative estimate of drug-likeness (QED) is 0.272. The Kier molecular flexibility index (Phi) is 10.8. The van der Waals surface area contributed by atoms with Crippen molar-refractivity contribution in [3.8, 4) is 0 Å². The van der Waals surface area contributed by atoms with Crippen molar-refractivity contribution < 1.29 is 4.79 Å². The zero-order chi connectivity index (χ0) is 21.2. The molecule has 0 unspecified atom stereocenters. The molecule has 9 heteroatoms. The summed E-state index contributed by atoms with van der Waals surface area (Å²) in [6.45, 7) is 4.20. The van der Waals surface area contributed by atoms with Crippen molar-refractivity contribution in [2.24, 2.45) is 10.9 Å². The molecule has 31 heavy (non-hydrogen) atoms. The molecule has 0 bridgehead atoms. The summed E-state index contributed by atoms with van der Waals surface area (Å²) in [5.41, 5.74) is 1.94. The summed E-state index contributed by atoms with van der Waals surface area (Å²) in [6.07, 6.45) is 8.19. The third-order valence-corrected chi connectivity index (χ3v) is 5.51. The molecule has 1 heterocycles. The van der Waals surface area contributed by atoms with Gasteiger partial charge >= 0.3 is 0 Å². The third-order valence-electron chi connectivity index (χ3n) is 5.51. The van der Waals surface area contributed by atoms with E-state index in [1.165, 1.54) is 6.42 Å². The second kappa shape index (κ2) is 13.3. The van der Waals surface area contributed by atoms with Crippen molar-refractivity contribution in [3.05, 3.63) is 42.0 Å². The van der Waals surface area contributed by atoms with Gasteiger partial charge in [0.2, 0.25) is 5.91 Å². The number of anilines is 1. The maximum absolute atomic E-state index is 12.5. The van der Waals surface area contributed by atoms with Gasteiger partial charge in [-0.1, -0.05) is 38.3 Å². The second-order valence-corrected chi connectivity index (χ2v) is 7.67. The molecule has 1 fully saturated rings. The van der Waals surface area contributed by atoms with E-state index in [0.29, 0.717) is 6.54 Å². The van der Waals surface area contributed by atoms with Crippen LogP contribution in [0.5, 0.6) is 0 Å². The van der Waals surface area contributed by atoms with Crippen molar-refractivity contribution in [2.75, 3.05) is 18.9 Å². The van der Waals surface area contributed by atoms with Gasteiger partial charge in [0.05, 0.1) is 0 Å². The van der Waals surface area contributed by atoms with Gasteiger partial charge in [-0.3, -0.25) is 9.79 Å². The zero-order valence-corrected chi connectivity index (χ0v) is 20.8. The van der Waals surface area contributed by atoms with Crippen LogP contribution in [0.25, 0.3) is 0 Å². The molecule has 1 aromatic heterocycles. The van der Waals surface area contributed by atoms with Gasteiger partial charge in [-0.25, -0.2) is 0 Å². The molecule has 0 spiro atoms. The van der Waals surface area contributed by atoms with Crippen LogP contribution in [0.2, 0.25) is 0 Å². The second-order valence-electron chi connectivity index (χ2n) is 7.67. The molecule has 0 aliphatic heterocycles. The highest BCUT2D eigenvalue weighted by Gasteiger charge is 2.21. The van der Waals surface area contributed by atoms with Crippen molar-refractivity contribution in [2.45, 2.75) is 58.5 Å². The number of hydrogen-bond donors (Lipinski definition) is 3. The topological polar surface area (TPSA) is 96.2 Å². The van der Waals surface area contributed by atoms with E-state index in [9.17, 15) is 4.79 Å². The normalized spacial score (nSPS) is 14.6. The molecule has 0 atom stereocenters. The van der Waals surface area contributed by atoms with Gasteiger partial charge in [-0.15, -0.1) is 34.2 Å². The van der Waals surface area contributed by atoms with E-state index in [2.05, 4.69) is 38.1 Å².